The van der Waals surface area contributed by atoms with Gasteiger partial charge in [0.15, 0.2) is 0 Å². The maximum atomic E-state index is 6.99. The Hall–Kier alpha value is 1.89. The molecule has 0 saturated carbocycles. The summed E-state index contributed by atoms with van der Waals surface area (Å²) in [5.41, 5.74) is 0. The zero-order valence-electron chi connectivity index (χ0n) is 3.33. The van der Waals surface area contributed by atoms with Gasteiger partial charge >= 0.3 is 46.1 Å². The molecule has 0 spiro atoms. The molecule has 0 nitrogen and oxygen atoms in total. The van der Waals surface area contributed by atoms with Crippen LogP contribution in [-0.2, 0) is 0 Å². The molecule has 3 heteroatoms. The fraction of sp³-hybridized carbons (Fsp3) is 1.00. The normalized spacial score (nSPS) is 15.5. The molecule has 0 rings (SSSR count). The van der Waals surface area contributed by atoms with E-state index in [1.54, 1.807) is 0 Å². The van der Waals surface area contributed by atoms with E-state index < -0.39 is 16.5 Å². The molecular formula is CH6I2P-. The zero-order valence-corrected chi connectivity index (χ0v) is 7.80. The third-order valence-electron chi connectivity index (χ3n) is 0.0825. The predicted molar refractivity (Wildman–Crippen MR) is 31.0 cm³/mol. The molecule has 0 aliphatic heterocycles. The summed E-state index contributed by atoms with van der Waals surface area (Å²) in [5, 5.41) is 0. The van der Waals surface area contributed by atoms with E-state index >= 15 is 0 Å². The quantitative estimate of drug-likeness (QED) is 0.302. The van der Waals surface area contributed by atoms with Gasteiger partial charge in [-0.25, -0.2) is 0 Å². The zero-order chi connectivity index (χ0) is 4.28. The van der Waals surface area contributed by atoms with Crippen molar-refractivity contribution in [2.45, 2.75) is 0 Å². The molecule has 1 atom stereocenters. The van der Waals surface area contributed by atoms with Crippen molar-refractivity contribution < 1.29 is 17.2 Å². The van der Waals surface area contributed by atoms with Crippen molar-refractivity contribution in [1.29, 1.82) is 0.594 Å². The Kier molecular flexibility index (Phi) is 4.96. The van der Waals surface area contributed by atoms with Crippen LogP contribution in [0.2, 0.25) is 0 Å². The Balaban J connectivity index is 2.54. The Morgan fingerprint density at radius 1 is 2.50 bits per heavy atom. The topological polar surface area (TPSA) is 0 Å². The molecular weight excluding hydrogens is 297 g/mol. The van der Waals surface area contributed by atoms with Gasteiger partial charge in [-0.1, -0.05) is 0 Å². The van der Waals surface area contributed by atoms with Crippen LogP contribution >= 0.6 is 23.4 Å². The fourth-order valence-corrected chi connectivity index (χ4v) is 0. The van der Waals surface area contributed by atoms with Crippen molar-refractivity contribution in [3.8, 4) is 0 Å². The van der Waals surface area contributed by atoms with E-state index in [-0.39, 0.29) is 0 Å². The van der Waals surface area contributed by atoms with Crippen LogP contribution in [0, 0.1) is 0 Å². The Labute approximate surface area is 45.7 Å². The SMILES string of the molecule is [2H]I(P)[I-]C. The van der Waals surface area contributed by atoms with Crippen molar-refractivity contribution >= 4 is 23.4 Å². The van der Waals surface area contributed by atoms with E-state index in [4.69, 9.17) is 0.594 Å². The summed E-state index contributed by atoms with van der Waals surface area (Å²) >= 11 is -0.671. The summed E-state index contributed by atoms with van der Waals surface area (Å²) in [7, 11) is 0. The summed E-state index contributed by atoms with van der Waals surface area (Å²) in [6.45, 7) is 2.61. The van der Waals surface area contributed by atoms with Crippen LogP contribution in [0.1, 0.15) is 0 Å². The first kappa shape index (κ1) is 4.06. The van der Waals surface area contributed by atoms with E-state index in [9.17, 15) is 0 Å². The third kappa shape index (κ3) is 3.89. The van der Waals surface area contributed by atoms with Gasteiger partial charge in [-0.2, -0.15) is 0 Å². The summed E-state index contributed by atoms with van der Waals surface area (Å²) < 4.78 is 6.99. The number of rotatable bonds is 1. The maximum absolute atomic E-state index is 6.99. The van der Waals surface area contributed by atoms with Crippen molar-refractivity contribution in [2.24, 2.45) is 0 Å². The summed E-state index contributed by atoms with van der Waals surface area (Å²) in [4.78, 5) is 2.17. The van der Waals surface area contributed by atoms with Crippen molar-refractivity contribution in [2.75, 3.05) is 4.93 Å². The Morgan fingerprint density at radius 2 is 2.75 bits per heavy atom. The molecule has 30 valence electrons. The van der Waals surface area contributed by atoms with Gasteiger partial charge in [-0.15, -0.1) is 0 Å². The number of hydrogen-bond acceptors (Lipinski definition) is 0. The second kappa shape index (κ2) is 4.89. The first-order valence-electron chi connectivity index (χ1n) is 1.12. The molecule has 0 fully saturated rings. The van der Waals surface area contributed by atoms with Gasteiger partial charge in [0, 0.05) is 0 Å². The van der Waals surface area contributed by atoms with Crippen LogP contribution in [-0.4, -0.2) is 5.52 Å². The van der Waals surface area contributed by atoms with Crippen LogP contribution in [0.4, 0.5) is 0 Å². The molecule has 0 aromatic heterocycles. The van der Waals surface area contributed by atoms with E-state index in [1.165, 1.54) is 0 Å². The van der Waals surface area contributed by atoms with Crippen LogP contribution < -0.4 is 17.2 Å². The van der Waals surface area contributed by atoms with Gasteiger partial charge in [0.25, 0.3) is 0 Å². The van der Waals surface area contributed by atoms with Gasteiger partial charge in [0.05, 0.1) is 0 Å². The number of hydrogen-bond donors (Lipinski definition) is 0. The fourth-order valence-electron chi connectivity index (χ4n) is 0. The Bertz CT molecular complexity index is 23.6. The molecule has 0 aliphatic rings. The molecule has 0 aliphatic carbocycles. The molecule has 1 unspecified atom stereocenters. The second-order valence-electron chi connectivity index (χ2n) is 0.225. The van der Waals surface area contributed by atoms with Gasteiger partial charge in [-0.05, 0) is 0 Å². The van der Waals surface area contributed by atoms with Crippen molar-refractivity contribution in [3.63, 3.8) is 0 Å². The molecule has 0 aromatic rings. The van der Waals surface area contributed by atoms with Gasteiger partial charge in [0.1, 0.15) is 0 Å². The standard InChI is InChI=1S/CH6I2P/c1-2-3-4/h3H,4H2,1H3/q-1/i3D. The predicted octanol–water partition coefficient (Wildman–Crippen LogP) is -1.89. The number of halogens is 2. The molecule has 0 radical (unpaired) electrons. The molecule has 0 aromatic carbocycles. The van der Waals surface area contributed by atoms with E-state index in [2.05, 4.69) is 11.8 Å². The summed E-state index contributed by atoms with van der Waals surface area (Å²) in [6, 6.07) is 0. The third-order valence-corrected chi connectivity index (χ3v) is 11.1. The molecule has 0 heterocycles. The minimum atomic E-state index is -1.01. The van der Waals surface area contributed by atoms with Gasteiger partial charge in [0.2, 0.25) is 0 Å². The van der Waals surface area contributed by atoms with E-state index in [0.717, 1.165) is 0 Å². The average Bonchev–Trinajstić information content (AvgIpc) is 1.38. The average molecular weight is 304 g/mol. The van der Waals surface area contributed by atoms with Crippen molar-refractivity contribution in [1.82, 2.24) is 0 Å². The molecule has 0 saturated heterocycles. The molecule has 4 heavy (non-hydrogen) atoms. The van der Waals surface area contributed by atoms with Crippen LogP contribution in [0.5, 0.6) is 0 Å². The van der Waals surface area contributed by atoms with E-state index in [0.29, 0.717) is 17.2 Å². The van der Waals surface area contributed by atoms with Gasteiger partial charge in [-0.3, -0.25) is 0 Å². The molecule has 0 amide bonds. The van der Waals surface area contributed by atoms with Crippen molar-refractivity contribution in [3.05, 3.63) is 0 Å². The van der Waals surface area contributed by atoms with E-state index in [1.807, 2.05) is 0 Å². The van der Waals surface area contributed by atoms with Crippen LogP contribution in [0.15, 0.2) is 0 Å². The second-order valence-corrected chi connectivity index (χ2v) is 17.6. The van der Waals surface area contributed by atoms with Gasteiger partial charge < -0.3 is 0 Å². The minimum absolute atomic E-state index is 0.334. The number of alkyl halides is 1. The molecule has 0 N–H and O–H groups in total. The first-order valence-corrected chi connectivity index (χ1v) is 13.4. The summed E-state index contributed by atoms with van der Waals surface area (Å²) in [6.07, 6.45) is 0. The monoisotopic (exact) mass is 304 g/mol. The van der Waals surface area contributed by atoms with Crippen LogP contribution in [0.25, 0.3) is 0 Å². The summed E-state index contributed by atoms with van der Waals surface area (Å²) in [5.74, 6) is 0. The molecule has 0 bridgehead atoms. The first-order chi connectivity index (χ1) is 2.27. The Morgan fingerprint density at radius 3 is 2.75 bits per heavy atom. The van der Waals surface area contributed by atoms with Crippen LogP contribution in [0.3, 0.4) is 0 Å².